The summed E-state index contributed by atoms with van der Waals surface area (Å²) in [6.07, 6.45) is 2.46. The number of nitrogens with two attached hydrogens (primary N) is 1. The van der Waals surface area contributed by atoms with Gasteiger partial charge in [0.05, 0.1) is 12.6 Å². The fraction of sp³-hybridized carbons (Fsp3) is 0.533. The number of guanidine groups is 1. The van der Waals surface area contributed by atoms with Crippen LogP contribution in [0.15, 0.2) is 29.3 Å². The van der Waals surface area contributed by atoms with E-state index in [1.54, 1.807) is 0 Å². The van der Waals surface area contributed by atoms with Crippen molar-refractivity contribution in [2.45, 2.75) is 46.3 Å². The van der Waals surface area contributed by atoms with Gasteiger partial charge in [0.2, 0.25) is 0 Å². The van der Waals surface area contributed by atoms with Gasteiger partial charge in [0.1, 0.15) is 5.75 Å². The molecule has 0 spiro atoms. The van der Waals surface area contributed by atoms with Crippen LogP contribution in [0.1, 0.15) is 39.2 Å². The number of benzene rings is 1. The lowest BCUT2D eigenvalue weighted by molar-refractivity contribution is 0.242. The van der Waals surface area contributed by atoms with Crippen molar-refractivity contribution < 1.29 is 4.74 Å². The Bertz CT molecular complexity index is 391. The van der Waals surface area contributed by atoms with Gasteiger partial charge in [0.25, 0.3) is 0 Å². The molecule has 1 aromatic rings. The van der Waals surface area contributed by atoms with E-state index in [1.165, 1.54) is 0 Å². The van der Waals surface area contributed by atoms with E-state index < -0.39 is 0 Å². The van der Waals surface area contributed by atoms with Crippen molar-refractivity contribution in [2.75, 3.05) is 6.54 Å². The second kappa shape index (κ2) is 10.8. The first-order valence-electron chi connectivity index (χ1n) is 6.91. The molecule has 0 aliphatic carbocycles. The molecule has 0 bridgehead atoms. The Morgan fingerprint density at radius 2 is 1.95 bits per heavy atom. The van der Waals surface area contributed by atoms with Gasteiger partial charge in [-0.05, 0) is 38.0 Å². The number of nitrogens with one attached hydrogen (secondary N) is 1. The SMILES string of the molecule is CCCCNC(N)=NCc1ccc(OC(C)C)cc1.I. The maximum atomic E-state index is 5.77. The molecule has 4 nitrogen and oxygen atoms in total. The Kier molecular flexibility index (Phi) is 10.2. The maximum absolute atomic E-state index is 5.77. The van der Waals surface area contributed by atoms with E-state index in [2.05, 4.69) is 17.2 Å². The van der Waals surface area contributed by atoms with Gasteiger partial charge in [-0.1, -0.05) is 25.5 Å². The van der Waals surface area contributed by atoms with E-state index >= 15 is 0 Å². The summed E-state index contributed by atoms with van der Waals surface area (Å²) in [6, 6.07) is 7.96. The molecule has 0 amide bonds. The Morgan fingerprint density at radius 3 is 2.50 bits per heavy atom. The molecule has 1 rings (SSSR count). The Balaban J connectivity index is 0.00000361. The summed E-state index contributed by atoms with van der Waals surface area (Å²) in [7, 11) is 0. The predicted molar refractivity (Wildman–Crippen MR) is 95.9 cm³/mol. The summed E-state index contributed by atoms with van der Waals surface area (Å²) in [5.41, 5.74) is 6.89. The van der Waals surface area contributed by atoms with Crippen LogP contribution >= 0.6 is 24.0 Å². The number of hydrogen-bond acceptors (Lipinski definition) is 2. The highest BCUT2D eigenvalue weighted by Gasteiger charge is 1.98. The highest BCUT2D eigenvalue weighted by Crippen LogP contribution is 2.14. The number of aliphatic imine (C=N–C) groups is 1. The molecule has 0 aromatic heterocycles. The van der Waals surface area contributed by atoms with Gasteiger partial charge in [-0.3, -0.25) is 0 Å². The minimum absolute atomic E-state index is 0. The zero-order valence-electron chi connectivity index (χ0n) is 12.6. The Hall–Kier alpha value is -0.980. The van der Waals surface area contributed by atoms with Crippen LogP contribution in [-0.4, -0.2) is 18.6 Å². The normalized spacial score (nSPS) is 11.1. The van der Waals surface area contributed by atoms with Crippen molar-refractivity contribution in [3.05, 3.63) is 29.8 Å². The first-order valence-corrected chi connectivity index (χ1v) is 6.91. The molecule has 0 radical (unpaired) electrons. The van der Waals surface area contributed by atoms with Crippen LogP contribution in [0.5, 0.6) is 5.75 Å². The quantitative estimate of drug-likeness (QED) is 0.325. The van der Waals surface area contributed by atoms with Crippen molar-refractivity contribution >= 4 is 29.9 Å². The van der Waals surface area contributed by atoms with Crippen LogP contribution in [-0.2, 0) is 6.54 Å². The van der Waals surface area contributed by atoms with Gasteiger partial charge in [-0.25, -0.2) is 4.99 Å². The Labute approximate surface area is 139 Å². The number of halogens is 1. The summed E-state index contributed by atoms with van der Waals surface area (Å²) in [5.74, 6) is 1.40. The average molecular weight is 391 g/mol. The summed E-state index contributed by atoms with van der Waals surface area (Å²) >= 11 is 0. The molecule has 1 aromatic carbocycles. The lowest BCUT2D eigenvalue weighted by atomic mass is 10.2. The summed E-state index contributed by atoms with van der Waals surface area (Å²) < 4.78 is 5.59. The third-order valence-corrected chi connectivity index (χ3v) is 2.56. The molecular weight excluding hydrogens is 365 g/mol. The van der Waals surface area contributed by atoms with Crippen molar-refractivity contribution in [3.63, 3.8) is 0 Å². The van der Waals surface area contributed by atoms with E-state index in [1.807, 2.05) is 38.1 Å². The maximum Gasteiger partial charge on any atom is 0.188 e. The first-order chi connectivity index (χ1) is 9.11. The molecule has 5 heteroatoms. The lowest BCUT2D eigenvalue weighted by Gasteiger charge is -2.09. The van der Waals surface area contributed by atoms with Gasteiger partial charge in [-0.2, -0.15) is 0 Å². The zero-order chi connectivity index (χ0) is 14.1. The van der Waals surface area contributed by atoms with Crippen molar-refractivity contribution in [3.8, 4) is 5.75 Å². The molecule has 0 saturated carbocycles. The molecule has 0 saturated heterocycles. The molecule has 0 fully saturated rings. The third-order valence-electron chi connectivity index (χ3n) is 2.56. The fourth-order valence-electron chi connectivity index (χ4n) is 1.57. The minimum Gasteiger partial charge on any atom is -0.491 e. The van der Waals surface area contributed by atoms with E-state index in [0.29, 0.717) is 12.5 Å². The van der Waals surface area contributed by atoms with Crippen LogP contribution in [0.3, 0.4) is 0 Å². The third kappa shape index (κ3) is 8.24. The van der Waals surface area contributed by atoms with Gasteiger partial charge in [0.15, 0.2) is 5.96 Å². The second-order valence-corrected chi connectivity index (χ2v) is 4.79. The van der Waals surface area contributed by atoms with Crippen LogP contribution in [0.4, 0.5) is 0 Å². The number of rotatable bonds is 7. The number of hydrogen-bond donors (Lipinski definition) is 2. The van der Waals surface area contributed by atoms with E-state index in [-0.39, 0.29) is 30.1 Å². The summed E-state index contributed by atoms with van der Waals surface area (Å²) in [5, 5.41) is 3.09. The van der Waals surface area contributed by atoms with Crippen LogP contribution < -0.4 is 15.8 Å². The molecule has 0 heterocycles. The van der Waals surface area contributed by atoms with Gasteiger partial charge >= 0.3 is 0 Å². The molecule has 20 heavy (non-hydrogen) atoms. The monoisotopic (exact) mass is 391 g/mol. The lowest BCUT2D eigenvalue weighted by Crippen LogP contribution is -2.32. The number of nitrogens with zero attached hydrogens (tertiary/aromatic N) is 1. The topological polar surface area (TPSA) is 59.6 Å². The van der Waals surface area contributed by atoms with Gasteiger partial charge < -0.3 is 15.8 Å². The Morgan fingerprint density at radius 1 is 1.30 bits per heavy atom. The van der Waals surface area contributed by atoms with Crippen LogP contribution in [0.25, 0.3) is 0 Å². The van der Waals surface area contributed by atoms with Gasteiger partial charge in [0, 0.05) is 6.54 Å². The van der Waals surface area contributed by atoms with E-state index in [0.717, 1.165) is 30.7 Å². The van der Waals surface area contributed by atoms with Gasteiger partial charge in [-0.15, -0.1) is 24.0 Å². The number of unbranched alkanes of at least 4 members (excludes halogenated alkanes) is 1. The van der Waals surface area contributed by atoms with Crippen LogP contribution in [0.2, 0.25) is 0 Å². The van der Waals surface area contributed by atoms with Crippen molar-refractivity contribution in [1.29, 1.82) is 0 Å². The minimum atomic E-state index is 0. The standard InChI is InChI=1S/C15H25N3O.HI/c1-4-5-10-17-15(16)18-11-13-6-8-14(9-7-13)19-12(2)3;/h6-9,12H,4-5,10-11H2,1-3H3,(H3,16,17,18);1H. The second-order valence-electron chi connectivity index (χ2n) is 4.79. The summed E-state index contributed by atoms with van der Waals surface area (Å²) in [4.78, 5) is 4.30. The van der Waals surface area contributed by atoms with Crippen molar-refractivity contribution in [2.24, 2.45) is 10.7 Å². The highest BCUT2D eigenvalue weighted by atomic mass is 127. The van der Waals surface area contributed by atoms with E-state index in [9.17, 15) is 0 Å². The molecule has 3 N–H and O–H groups in total. The predicted octanol–water partition coefficient (Wildman–Crippen LogP) is 3.30. The smallest absolute Gasteiger partial charge is 0.188 e. The molecule has 114 valence electrons. The average Bonchev–Trinajstić information content (AvgIpc) is 2.37. The zero-order valence-corrected chi connectivity index (χ0v) is 14.9. The highest BCUT2D eigenvalue weighted by molar-refractivity contribution is 14.0. The molecule has 0 aliphatic rings. The first kappa shape index (κ1) is 19.0. The van der Waals surface area contributed by atoms with Crippen LogP contribution in [0, 0.1) is 0 Å². The molecule has 0 unspecified atom stereocenters. The fourth-order valence-corrected chi connectivity index (χ4v) is 1.57. The van der Waals surface area contributed by atoms with Crippen molar-refractivity contribution in [1.82, 2.24) is 5.32 Å². The van der Waals surface area contributed by atoms with E-state index in [4.69, 9.17) is 10.5 Å². The summed E-state index contributed by atoms with van der Waals surface area (Å²) in [6.45, 7) is 7.65. The molecule has 0 atom stereocenters. The molecular formula is C15H26IN3O. The molecule has 0 aliphatic heterocycles. The number of ether oxygens (including phenoxy) is 1. The largest absolute Gasteiger partial charge is 0.491 e.